The summed E-state index contributed by atoms with van der Waals surface area (Å²) < 4.78 is 0. The van der Waals surface area contributed by atoms with Gasteiger partial charge in [-0.05, 0) is 58.2 Å². The molecule has 2 nitrogen and oxygen atoms in total. The van der Waals surface area contributed by atoms with E-state index in [9.17, 15) is 4.79 Å². The molecule has 0 aromatic heterocycles. The van der Waals surface area contributed by atoms with Gasteiger partial charge in [0.1, 0.15) is 0 Å². The van der Waals surface area contributed by atoms with Crippen LogP contribution in [0.3, 0.4) is 0 Å². The van der Waals surface area contributed by atoms with Crippen molar-refractivity contribution >= 4 is 34.0 Å². The predicted molar refractivity (Wildman–Crippen MR) is 123 cm³/mol. The largest absolute Gasteiger partial charge is 0.358 e. The topological polar surface area (TPSA) is 29.1 Å². The van der Waals surface area contributed by atoms with Crippen molar-refractivity contribution in [2.45, 2.75) is 37.5 Å². The van der Waals surface area contributed by atoms with Crippen molar-refractivity contribution < 1.29 is 4.79 Å². The van der Waals surface area contributed by atoms with Crippen molar-refractivity contribution in [2.75, 3.05) is 11.6 Å². The Morgan fingerprint density at radius 3 is 2.48 bits per heavy atom. The van der Waals surface area contributed by atoms with Crippen LogP contribution in [0, 0.1) is 5.41 Å². The van der Waals surface area contributed by atoms with Crippen LogP contribution in [0.15, 0.2) is 76.8 Å². The average Bonchev–Trinajstić information content (AvgIpc) is 2.71. The van der Waals surface area contributed by atoms with Crippen LogP contribution in [0.25, 0.3) is 10.8 Å². The van der Waals surface area contributed by atoms with Gasteiger partial charge < -0.3 is 5.32 Å². The summed E-state index contributed by atoms with van der Waals surface area (Å²) in [6.07, 6.45) is 3.60. The van der Waals surface area contributed by atoms with Crippen LogP contribution in [-0.2, 0) is 4.79 Å². The molecule has 29 heavy (non-hydrogen) atoms. The minimum absolute atomic E-state index is 0.00940. The first-order valence-corrected chi connectivity index (χ1v) is 11.4. The van der Waals surface area contributed by atoms with Crippen molar-refractivity contribution in [3.8, 4) is 0 Å². The zero-order chi connectivity index (χ0) is 20.2. The number of nitrogens with one attached hydrogen (secondary N) is 1. The Morgan fingerprint density at radius 1 is 0.966 bits per heavy atom. The fourth-order valence-corrected chi connectivity index (χ4v) is 5.34. The number of fused-ring (bicyclic) bond motifs is 3. The molecule has 3 heteroatoms. The van der Waals surface area contributed by atoms with Crippen LogP contribution >= 0.6 is 11.8 Å². The minimum Gasteiger partial charge on any atom is -0.358 e. The third-order valence-electron chi connectivity index (χ3n) is 6.20. The normalized spacial score (nSPS) is 20.2. The number of carbonyl (C=O) groups is 1. The summed E-state index contributed by atoms with van der Waals surface area (Å²) in [4.78, 5) is 14.6. The molecule has 3 aromatic carbocycles. The second kappa shape index (κ2) is 6.77. The Bertz CT molecular complexity index is 1160. The molecule has 0 amide bonds. The number of benzene rings is 3. The zero-order valence-corrected chi connectivity index (χ0v) is 17.9. The molecule has 1 aliphatic heterocycles. The van der Waals surface area contributed by atoms with Gasteiger partial charge in [0.05, 0.1) is 0 Å². The fraction of sp³-hybridized carbons (Fsp3) is 0.269. The summed E-state index contributed by atoms with van der Waals surface area (Å²) in [5, 5.41) is 6.09. The second-order valence-electron chi connectivity index (χ2n) is 8.91. The molecule has 0 saturated carbocycles. The van der Waals surface area contributed by atoms with Gasteiger partial charge >= 0.3 is 0 Å². The first-order valence-electron chi connectivity index (χ1n) is 10.2. The number of anilines is 1. The molecule has 1 atom stereocenters. The number of rotatable bonds is 2. The molecule has 0 saturated heterocycles. The summed E-state index contributed by atoms with van der Waals surface area (Å²) in [6, 6.07) is 21.6. The van der Waals surface area contributed by atoms with Crippen molar-refractivity contribution in [3.05, 3.63) is 83.1 Å². The first kappa shape index (κ1) is 18.5. The number of Topliss-reactive ketones (excluding diaryl/α,β-unsaturated/α-hetero) is 1. The SMILES string of the molecule is CSc1ccc([C@H]2C3=C(CC(C)(C)CC3=O)Nc3ccc4ccccc4c32)cc1. The summed E-state index contributed by atoms with van der Waals surface area (Å²) in [5.74, 6) is 0.258. The molecule has 0 fully saturated rings. The Kier molecular flexibility index (Phi) is 4.32. The van der Waals surface area contributed by atoms with Crippen LogP contribution in [-0.4, -0.2) is 12.0 Å². The zero-order valence-electron chi connectivity index (χ0n) is 17.1. The van der Waals surface area contributed by atoms with Gasteiger partial charge in [0.2, 0.25) is 0 Å². The van der Waals surface area contributed by atoms with E-state index >= 15 is 0 Å². The van der Waals surface area contributed by atoms with Crippen LogP contribution < -0.4 is 5.32 Å². The lowest BCUT2D eigenvalue weighted by atomic mass is 9.68. The van der Waals surface area contributed by atoms with E-state index in [0.717, 1.165) is 23.4 Å². The van der Waals surface area contributed by atoms with E-state index in [4.69, 9.17) is 0 Å². The molecule has 3 aromatic rings. The van der Waals surface area contributed by atoms with Gasteiger partial charge in [-0.15, -0.1) is 11.8 Å². The molecule has 1 N–H and O–H groups in total. The molecule has 2 aliphatic rings. The second-order valence-corrected chi connectivity index (χ2v) is 9.79. The Hall–Kier alpha value is -2.52. The maximum Gasteiger partial charge on any atom is 0.162 e. The minimum atomic E-state index is -0.0214. The van der Waals surface area contributed by atoms with Crippen LogP contribution in [0.4, 0.5) is 5.69 Å². The third kappa shape index (κ3) is 3.08. The monoisotopic (exact) mass is 399 g/mol. The highest BCUT2D eigenvalue weighted by Gasteiger charge is 2.41. The van der Waals surface area contributed by atoms with E-state index in [2.05, 4.69) is 86.1 Å². The maximum atomic E-state index is 13.4. The molecule has 0 bridgehead atoms. The van der Waals surface area contributed by atoms with Crippen molar-refractivity contribution in [2.24, 2.45) is 5.41 Å². The van der Waals surface area contributed by atoms with Gasteiger partial charge in [0.25, 0.3) is 0 Å². The Labute approximate surface area is 176 Å². The lowest BCUT2D eigenvalue weighted by Crippen LogP contribution is -2.33. The van der Waals surface area contributed by atoms with Crippen LogP contribution in [0.1, 0.15) is 43.7 Å². The number of allylic oxidation sites excluding steroid dienone is 2. The first-order chi connectivity index (χ1) is 14.0. The van der Waals surface area contributed by atoms with E-state index in [1.54, 1.807) is 11.8 Å². The Morgan fingerprint density at radius 2 is 1.72 bits per heavy atom. The quantitative estimate of drug-likeness (QED) is 0.483. The molecular formula is C26H25NOS. The van der Waals surface area contributed by atoms with E-state index in [-0.39, 0.29) is 17.1 Å². The third-order valence-corrected chi connectivity index (χ3v) is 6.95. The number of ketones is 1. The van der Waals surface area contributed by atoms with Gasteiger partial charge in [-0.3, -0.25) is 4.79 Å². The van der Waals surface area contributed by atoms with E-state index < -0.39 is 0 Å². The smallest absolute Gasteiger partial charge is 0.162 e. The summed E-state index contributed by atoms with van der Waals surface area (Å²) >= 11 is 1.74. The highest BCUT2D eigenvalue weighted by atomic mass is 32.2. The van der Waals surface area contributed by atoms with Crippen molar-refractivity contribution in [1.82, 2.24) is 0 Å². The summed E-state index contributed by atoms with van der Waals surface area (Å²) in [6.45, 7) is 4.38. The number of thioether (sulfide) groups is 1. The highest BCUT2D eigenvalue weighted by molar-refractivity contribution is 7.98. The lowest BCUT2D eigenvalue weighted by Gasteiger charge is -2.40. The van der Waals surface area contributed by atoms with E-state index in [1.165, 1.54) is 26.8 Å². The number of hydrogen-bond acceptors (Lipinski definition) is 3. The lowest BCUT2D eigenvalue weighted by molar-refractivity contribution is -0.118. The fourth-order valence-electron chi connectivity index (χ4n) is 4.93. The predicted octanol–water partition coefficient (Wildman–Crippen LogP) is 6.76. The molecule has 1 aliphatic carbocycles. The number of hydrogen-bond donors (Lipinski definition) is 1. The summed E-state index contributed by atoms with van der Waals surface area (Å²) in [7, 11) is 0. The average molecular weight is 400 g/mol. The van der Waals surface area contributed by atoms with Crippen molar-refractivity contribution in [1.29, 1.82) is 0 Å². The molecule has 0 spiro atoms. The van der Waals surface area contributed by atoms with Gasteiger partial charge in [-0.25, -0.2) is 0 Å². The van der Waals surface area contributed by atoms with Gasteiger partial charge in [-0.2, -0.15) is 0 Å². The van der Waals surface area contributed by atoms with Gasteiger partial charge in [-0.1, -0.05) is 56.3 Å². The van der Waals surface area contributed by atoms with Crippen LogP contribution in [0.5, 0.6) is 0 Å². The molecule has 1 heterocycles. The summed E-state index contributed by atoms with van der Waals surface area (Å²) in [5.41, 5.74) is 5.61. The standard InChI is InChI=1S/C26H25NOS/c1-26(2)14-21-25(22(28)15-26)23(17-8-11-18(29-3)12-9-17)24-19-7-5-4-6-16(19)10-13-20(24)27-21/h4-13,23,27H,14-15H2,1-3H3/t23-/m1/s1. The Balaban J connectivity index is 1.79. The van der Waals surface area contributed by atoms with E-state index in [0.29, 0.717) is 6.42 Å². The van der Waals surface area contributed by atoms with E-state index in [1.807, 2.05) is 0 Å². The maximum absolute atomic E-state index is 13.4. The van der Waals surface area contributed by atoms with Gasteiger partial charge in [0.15, 0.2) is 5.78 Å². The van der Waals surface area contributed by atoms with Crippen molar-refractivity contribution in [3.63, 3.8) is 0 Å². The highest BCUT2D eigenvalue weighted by Crippen LogP contribution is 2.50. The molecular weight excluding hydrogens is 374 g/mol. The molecule has 5 rings (SSSR count). The number of carbonyl (C=O) groups excluding carboxylic acids is 1. The molecule has 0 unspecified atom stereocenters. The molecule has 0 radical (unpaired) electrons. The van der Waals surface area contributed by atoms with Crippen LogP contribution in [0.2, 0.25) is 0 Å². The molecule has 146 valence electrons. The van der Waals surface area contributed by atoms with Gasteiger partial charge in [0, 0.05) is 34.2 Å².